The van der Waals surface area contributed by atoms with Gasteiger partial charge in [-0.2, -0.15) is 18.3 Å². The van der Waals surface area contributed by atoms with E-state index in [0.717, 1.165) is 50.8 Å². The van der Waals surface area contributed by atoms with Crippen molar-refractivity contribution in [3.05, 3.63) is 29.6 Å². The molecule has 2 aromatic rings. The average Bonchev–Trinajstić information content (AvgIpc) is 3.76. The van der Waals surface area contributed by atoms with Gasteiger partial charge in [-0.15, -0.1) is 10.2 Å². The fourth-order valence-corrected chi connectivity index (χ4v) is 8.75. The van der Waals surface area contributed by atoms with Crippen molar-refractivity contribution in [1.82, 2.24) is 29.4 Å². The molecule has 238 valence electrons. The van der Waals surface area contributed by atoms with Crippen molar-refractivity contribution in [1.29, 1.82) is 0 Å². The van der Waals surface area contributed by atoms with Crippen LogP contribution in [0.2, 0.25) is 0 Å². The van der Waals surface area contributed by atoms with Crippen molar-refractivity contribution in [2.75, 3.05) is 26.3 Å². The van der Waals surface area contributed by atoms with Crippen molar-refractivity contribution >= 4 is 0 Å². The average molecular weight is 605 g/mol. The minimum absolute atomic E-state index is 0.0471. The molecule has 11 heteroatoms. The number of aromatic nitrogens is 5. The van der Waals surface area contributed by atoms with E-state index in [2.05, 4.69) is 32.2 Å². The maximum atomic E-state index is 13.2. The fraction of sp³-hybridized carbons (Fsp3) is 0.844. The summed E-state index contributed by atoms with van der Waals surface area (Å²) in [6.07, 6.45) is 11.9. The van der Waals surface area contributed by atoms with Crippen LogP contribution in [-0.2, 0) is 23.1 Å². The first-order valence-electron chi connectivity index (χ1n) is 16.7. The largest absolute Gasteiger partial charge is 0.391 e. The highest BCUT2D eigenvalue weighted by Gasteiger charge is 2.48. The molecule has 2 aliphatic heterocycles. The molecule has 2 atom stereocenters. The molecule has 7 rings (SSSR count). The van der Waals surface area contributed by atoms with Crippen LogP contribution in [0.3, 0.4) is 0 Å². The second-order valence-electron chi connectivity index (χ2n) is 14.3. The molecule has 2 unspecified atom stereocenters. The van der Waals surface area contributed by atoms with Crippen LogP contribution in [0.4, 0.5) is 13.2 Å². The lowest BCUT2D eigenvalue weighted by molar-refractivity contribution is -0.193. The van der Waals surface area contributed by atoms with Crippen LogP contribution in [0.5, 0.6) is 0 Å². The van der Waals surface area contributed by atoms with Gasteiger partial charge in [-0.25, -0.2) is 0 Å². The van der Waals surface area contributed by atoms with Gasteiger partial charge in [-0.05, 0) is 88.5 Å². The number of rotatable bonds is 7. The summed E-state index contributed by atoms with van der Waals surface area (Å²) < 4.78 is 55.3. The number of alkyl halides is 3. The second kappa shape index (κ2) is 12.1. The van der Waals surface area contributed by atoms with Crippen LogP contribution in [-0.4, -0.2) is 74.1 Å². The molecule has 0 amide bonds. The van der Waals surface area contributed by atoms with Gasteiger partial charge in [0.05, 0.1) is 30.9 Å². The lowest BCUT2D eigenvalue weighted by Crippen LogP contribution is -2.60. The molecule has 8 nitrogen and oxygen atoms in total. The van der Waals surface area contributed by atoms with Crippen LogP contribution >= 0.6 is 0 Å². The Labute approximate surface area is 252 Å². The zero-order valence-corrected chi connectivity index (χ0v) is 25.5. The smallest absolute Gasteiger partial charge is 0.381 e. The van der Waals surface area contributed by atoms with Crippen molar-refractivity contribution in [3.8, 4) is 0 Å². The van der Waals surface area contributed by atoms with E-state index in [0.29, 0.717) is 42.0 Å². The Morgan fingerprint density at radius 3 is 2.42 bits per heavy atom. The SMILES string of the molecule is Cn1c(COC2CCCC(C(F)(F)F)C2)nnc1[C@H]1CC[C@H](c2cnn([C@H]3CC[C@H](N4CC5(CCOC5)C4)CC3)c2)CC1. The first-order valence-corrected chi connectivity index (χ1v) is 16.7. The third-order valence-electron chi connectivity index (χ3n) is 11.5. The summed E-state index contributed by atoms with van der Waals surface area (Å²) in [5.41, 5.74) is 1.83. The molecule has 1 spiro atoms. The zero-order chi connectivity index (χ0) is 29.6. The maximum absolute atomic E-state index is 13.2. The van der Waals surface area contributed by atoms with Gasteiger partial charge in [-0.3, -0.25) is 9.58 Å². The number of hydrogen-bond acceptors (Lipinski definition) is 6. The predicted octanol–water partition coefficient (Wildman–Crippen LogP) is 6.30. The molecular formula is C32H47F3N6O2. The van der Waals surface area contributed by atoms with Crippen molar-refractivity contribution in [2.45, 2.75) is 126 Å². The molecular weight excluding hydrogens is 557 g/mol. The summed E-state index contributed by atoms with van der Waals surface area (Å²) in [5.74, 6) is 1.28. The van der Waals surface area contributed by atoms with Crippen LogP contribution in [0.25, 0.3) is 0 Å². The first-order chi connectivity index (χ1) is 20.8. The number of ether oxygens (including phenoxy) is 2. The summed E-state index contributed by atoms with van der Waals surface area (Å²) in [6, 6.07) is 1.24. The number of likely N-dealkylation sites (tertiary alicyclic amines) is 1. The van der Waals surface area contributed by atoms with Gasteiger partial charge >= 0.3 is 6.18 Å². The molecule has 2 saturated heterocycles. The van der Waals surface area contributed by atoms with Crippen LogP contribution < -0.4 is 0 Å². The monoisotopic (exact) mass is 604 g/mol. The first kappa shape index (κ1) is 29.7. The summed E-state index contributed by atoms with van der Waals surface area (Å²) in [5, 5.41) is 13.7. The topological polar surface area (TPSA) is 70.2 Å². The molecule has 4 heterocycles. The maximum Gasteiger partial charge on any atom is 0.391 e. The Kier molecular flexibility index (Phi) is 8.35. The molecule has 43 heavy (non-hydrogen) atoms. The van der Waals surface area contributed by atoms with Crippen LogP contribution in [0, 0.1) is 11.3 Å². The van der Waals surface area contributed by atoms with Gasteiger partial charge in [0.25, 0.3) is 0 Å². The molecule has 5 aliphatic rings. The van der Waals surface area contributed by atoms with E-state index in [-0.39, 0.29) is 25.6 Å². The standard InChI is InChI=1S/C32H47F3N6O2/c1-39-29(18-43-28-4-2-3-25(15-28)32(33,34)35)37-38-30(39)23-7-5-22(6-8-23)24-16-36-41(17-24)27-11-9-26(10-12-27)40-19-31(20-40)13-14-42-21-31/h16-17,22-23,25-28H,2-15,18-21H2,1H3/t22-,23-,25?,26-,27-,28?. The normalized spacial score (nSPS) is 33.6. The Hall–Kier alpha value is -1.98. The number of hydrogen-bond donors (Lipinski definition) is 0. The van der Waals surface area contributed by atoms with Crippen molar-refractivity contribution in [3.63, 3.8) is 0 Å². The Bertz CT molecular complexity index is 1220. The minimum Gasteiger partial charge on any atom is -0.381 e. The summed E-state index contributed by atoms with van der Waals surface area (Å²) >= 11 is 0. The second-order valence-corrected chi connectivity index (χ2v) is 14.3. The van der Waals surface area contributed by atoms with Gasteiger partial charge in [-0.1, -0.05) is 6.42 Å². The quantitative estimate of drug-likeness (QED) is 0.370. The van der Waals surface area contributed by atoms with Gasteiger partial charge in [0.15, 0.2) is 5.82 Å². The molecule has 0 radical (unpaired) electrons. The lowest BCUT2D eigenvalue weighted by Gasteiger charge is -2.52. The highest BCUT2D eigenvalue weighted by molar-refractivity contribution is 5.15. The minimum atomic E-state index is -4.14. The van der Waals surface area contributed by atoms with Crippen molar-refractivity contribution in [2.24, 2.45) is 18.4 Å². The molecule has 0 aromatic carbocycles. The highest BCUT2D eigenvalue weighted by atomic mass is 19.4. The molecule has 3 aliphatic carbocycles. The van der Waals surface area contributed by atoms with E-state index < -0.39 is 12.1 Å². The van der Waals surface area contributed by atoms with Crippen LogP contribution in [0.15, 0.2) is 12.4 Å². The van der Waals surface area contributed by atoms with Gasteiger partial charge in [0, 0.05) is 50.3 Å². The number of nitrogens with zero attached hydrogens (tertiary/aromatic N) is 6. The molecule has 3 saturated carbocycles. The summed E-state index contributed by atoms with van der Waals surface area (Å²) in [6.45, 7) is 4.57. The van der Waals surface area contributed by atoms with Gasteiger partial charge < -0.3 is 14.0 Å². The molecule has 0 bridgehead atoms. The Morgan fingerprint density at radius 1 is 0.953 bits per heavy atom. The van der Waals surface area contributed by atoms with Crippen LogP contribution in [0.1, 0.15) is 119 Å². The molecule has 0 N–H and O–H groups in total. The fourth-order valence-electron chi connectivity index (χ4n) is 8.75. The van der Waals surface area contributed by atoms with E-state index in [9.17, 15) is 13.2 Å². The van der Waals surface area contributed by atoms with E-state index >= 15 is 0 Å². The summed E-state index contributed by atoms with van der Waals surface area (Å²) in [7, 11) is 1.96. The third kappa shape index (κ3) is 6.27. The van der Waals surface area contributed by atoms with E-state index in [1.54, 1.807) is 0 Å². The van der Waals surface area contributed by atoms with E-state index in [4.69, 9.17) is 14.6 Å². The lowest BCUT2D eigenvalue weighted by atomic mass is 9.76. The number of halogens is 3. The Balaban J connectivity index is 0.865. The van der Waals surface area contributed by atoms with Gasteiger partial charge in [0.1, 0.15) is 12.4 Å². The third-order valence-corrected chi connectivity index (χ3v) is 11.5. The molecule has 5 fully saturated rings. The van der Waals surface area contributed by atoms with Gasteiger partial charge in [0.2, 0.25) is 0 Å². The molecule has 2 aromatic heterocycles. The van der Waals surface area contributed by atoms with E-state index in [1.807, 2.05) is 11.6 Å². The Morgan fingerprint density at radius 2 is 1.70 bits per heavy atom. The van der Waals surface area contributed by atoms with Crippen molar-refractivity contribution < 1.29 is 22.6 Å². The zero-order valence-electron chi connectivity index (χ0n) is 25.5. The summed E-state index contributed by atoms with van der Waals surface area (Å²) in [4.78, 5) is 2.70. The van der Waals surface area contributed by atoms with E-state index in [1.165, 1.54) is 50.8 Å². The highest BCUT2D eigenvalue weighted by Crippen LogP contribution is 2.44. The predicted molar refractivity (Wildman–Crippen MR) is 155 cm³/mol.